The van der Waals surface area contributed by atoms with E-state index in [-0.39, 0.29) is 0 Å². The SMILES string of the molecule is CCNC(=NCCc1ccc(S(C)(=O)=O)cc1)N1CC=C(c2ccccc2)CC1. The van der Waals surface area contributed by atoms with Crippen LogP contribution in [0.4, 0.5) is 0 Å². The first-order valence-electron chi connectivity index (χ1n) is 10.0. The van der Waals surface area contributed by atoms with E-state index in [1.165, 1.54) is 17.4 Å². The molecule has 29 heavy (non-hydrogen) atoms. The number of hydrogen-bond acceptors (Lipinski definition) is 3. The Kier molecular flexibility index (Phi) is 7.09. The molecule has 0 radical (unpaired) electrons. The highest BCUT2D eigenvalue weighted by Crippen LogP contribution is 2.22. The second-order valence-electron chi connectivity index (χ2n) is 7.19. The van der Waals surface area contributed by atoms with E-state index in [0.717, 1.165) is 44.0 Å². The lowest BCUT2D eigenvalue weighted by atomic mass is 10.00. The number of rotatable bonds is 6. The predicted molar refractivity (Wildman–Crippen MR) is 120 cm³/mol. The topological polar surface area (TPSA) is 61.8 Å². The lowest BCUT2D eigenvalue weighted by molar-refractivity contribution is 0.440. The summed E-state index contributed by atoms with van der Waals surface area (Å²) in [5.41, 5.74) is 3.78. The van der Waals surface area contributed by atoms with Crippen LogP contribution in [-0.2, 0) is 16.3 Å². The number of hydrogen-bond donors (Lipinski definition) is 1. The van der Waals surface area contributed by atoms with Gasteiger partial charge in [0.25, 0.3) is 0 Å². The minimum Gasteiger partial charge on any atom is -0.357 e. The Bertz CT molecular complexity index is 965. The summed E-state index contributed by atoms with van der Waals surface area (Å²) in [6.07, 6.45) is 5.29. The van der Waals surface area contributed by atoms with Crippen LogP contribution in [-0.4, -0.2) is 51.7 Å². The van der Waals surface area contributed by atoms with Crippen molar-refractivity contribution in [3.05, 3.63) is 71.8 Å². The Labute approximate surface area is 174 Å². The van der Waals surface area contributed by atoms with Crippen LogP contribution in [0.15, 0.2) is 70.6 Å². The van der Waals surface area contributed by atoms with Crippen LogP contribution in [0.1, 0.15) is 24.5 Å². The van der Waals surface area contributed by atoms with E-state index in [9.17, 15) is 8.42 Å². The van der Waals surface area contributed by atoms with Crippen LogP contribution in [0.2, 0.25) is 0 Å². The molecule has 0 saturated heterocycles. The Balaban J connectivity index is 1.61. The van der Waals surface area contributed by atoms with Gasteiger partial charge in [-0.3, -0.25) is 4.99 Å². The standard InChI is InChI=1S/C23H29N3O2S/c1-3-24-23(25-16-13-19-9-11-22(12-10-19)29(2,27)28)26-17-14-21(15-18-26)20-7-5-4-6-8-20/h4-12,14H,3,13,15-18H2,1-2H3,(H,24,25). The van der Waals surface area contributed by atoms with Crippen molar-refractivity contribution in [1.82, 2.24) is 10.2 Å². The van der Waals surface area contributed by atoms with Crippen LogP contribution in [0.25, 0.3) is 5.57 Å². The fraction of sp³-hybridized carbons (Fsp3) is 0.348. The third kappa shape index (κ3) is 5.94. The Morgan fingerprint density at radius 1 is 1.10 bits per heavy atom. The summed E-state index contributed by atoms with van der Waals surface area (Å²) in [7, 11) is -3.15. The Hall–Kier alpha value is -2.60. The second-order valence-corrected chi connectivity index (χ2v) is 9.21. The molecule has 6 heteroatoms. The zero-order valence-corrected chi connectivity index (χ0v) is 18.0. The van der Waals surface area contributed by atoms with Gasteiger partial charge in [0.1, 0.15) is 0 Å². The average Bonchev–Trinajstić information content (AvgIpc) is 2.74. The quantitative estimate of drug-likeness (QED) is 0.585. The summed E-state index contributed by atoms with van der Waals surface area (Å²) in [6.45, 7) is 5.35. The molecule has 2 aromatic carbocycles. The fourth-order valence-corrected chi connectivity index (χ4v) is 4.03. The van der Waals surface area contributed by atoms with Gasteiger partial charge in [-0.1, -0.05) is 48.5 Å². The van der Waals surface area contributed by atoms with Crippen LogP contribution in [0.3, 0.4) is 0 Å². The first kappa shape index (κ1) is 21.1. The number of nitrogens with one attached hydrogen (secondary N) is 1. The molecule has 0 atom stereocenters. The van der Waals surface area contributed by atoms with Crippen LogP contribution >= 0.6 is 0 Å². The summed E-state index contributed by atoms with van der Waals surface area (Å²) in [4.78, 5) is 7.42. The Morgan fingerprint density at radius 2 is 1.83 bits per heavy atom. The summed E-state index contributed by atoms with van der Waals surface area (Å²) in [5.74, 6) is 0.934. The van der Waals surface area contributed by atoms with Crippen molar-refractivity contribution in [2.45, 2.75) is 24.7 Å². The van der Waals surface area contributed by atoms with E-state index in [0.29, 0.717) is 11.4 Å². The van der Waals surface area contributed by atoms with Crippen LogP contribution < -0.4 is 5.32 Å². The van der Waals surface area contributed by atoms with Gasteiger partial charge in [0, 0.05) is 32.4 Å². The maximum absolute atomic E-state index is 11.6. The molecule has 5 nitrogen and oxygen atoms in total. The number of guanidine groups is 1. The monoisotopic (exact) mass is 411 g/mol. The molecular weight excluding hydrogens is 382 g/mol. The zero-order chi connectivity index (χ0) is 20.7. The van der Waals surface area contributed by atoms with Crippen molar-refractivity contribution in [2.24, 2.45) is 4.99 Å². The van der Waals surface area contributed by atoms with Gasteiger partial charge in [-0.25, -0.2) is 8.42 Å². The van der Waals surface area contributed by atoms with Gasteiger partial charge in [0.2, 0.25) is 0 Å². The summed E-state index contributed by atoms with van der Waals surface area (Å²) in [6, 6.07) is 17.6. The third-order valence-electron chi connectivity index (χ3n) is 5.00. The molecule has 2 aromatic rings. The summed E-state index contributed by atoms with van der Waals surface area (Å²) < 4.78 is 23.1. The molecule has 0 aromatic heterocycles. The lowest BCUT2D eigenvalue weighted by Gasteiger charge is -2.30. The van der Waals surface area contributed by atoms with E-state index in [4.69, 9.17) is 4.99 Å². The maximum atomic E-state index is 11.6. The zero-order valence-electron chi connectivity index (χ0n) is 17.1. The normalized spacial score (nSPS) is 15.2. The summed E-state index contributed by atoms with van der Waals surface area (Å²) >= 11 is 0. The van der Waals surface area contributed by atoms with Gasteiger partial charge in [0.15, 0.2) is 15.8 Å². The third-order valence-corrected chi connectivity index (χ3v) is 6.13. The minimum absolute atomic E-state index is 0.354. The van der Waals surface area contributed by atoms with Crippen molar-refractivity contribution in [1.29, 1.82) is 0 Å². The van der Waals surface area contributed by atoms with Crippen molar-refractivity contribution >= 4 is 21.4 Å². The van der Waals surface area contributed by atoms with Crippen molar-refractivity contribution < 1.29 is 8.42 Å². The lowest BCUT2D eigenvalue weighted by Crippen LogP contribution is -2.43. The first-order valence-corrected chi connectivity index (χ1v) is 11.9. The number of sulfone groups is 1. The van der Waals surface area contributed by atoms with Crippen LogP contribution in [0, 0.1) is 0 Å². The van der Waals surface area contributed by atoms with E-state index < -0.39 is 9.84 Å². The highest BCUT2D eigenvalue weighted by Gasteiger charge is 2.16. The molecule has 1 aliphatic heterocycles. The Morgan fingerprint density at radius 3 is 2.41 bits per heavy atom. The van der Waals surface area contributed by atoms with Gasteiger partial charge in [0.05, 0.1) is 4.90 Å². The molecule has 1 heterocycles. The number of benzene rings is 2. The highest BCUT2D eigenvalue weighted by molar-refractivity contribution is 7.90. The van der Waals surface area contributed by atoms with E-state index in [2.05, 4.69) is 47.5 Å². The molecule has 0 saturated carbocycles. The second kappa shape index (κ2) is 9.74. The molecule has 0 amide bonds. The summed E-state index contributed by atoms with van der Waals surface area (Å²) in [5, 5.41) is 3.39. The molecule has 1 aliphatic rings. The van der Waals surface area contributed by atoms with E-state index >= 15 is 0 Å². The maximum Gasteiger partial charge on any atom is 0.194 e. The number of aliphatic imine (C=N–C) groups is 1. The smallest absolute Gasteiger partial charge is 0.194 e. The van der Waals surface area contributed by atoms with Crippen molar-refractivity contribution in [3.8, 4) is 0 Å². The van der Waals surface area contributed by atoms with E-state index in [1.807, 2.05) is 18.2 Å². The van der Waals surface area contributed by atoms with Gasteiger partial charge in [-0.2, -0.15) is 0 Å². The molecule has 3 rings (SSSR count). The molecule has 0 unspecified atom stereocenters. The largest absolute Gasteiger partial charge is 0.357 e. The molecule has 0 aliphatic carbocycles. The minimum atomic E-state index is -3.15. The molecule has 154 valence electrons. The predicted octanol–water partition coefficient (Wildman–Crippen LogP) is 3.39. The van der Waals surface area contributed by atoms with Gasteiger partial charge >= 0.3 is 0 Å². The molecule has 0 fully saturated rings. The number of nitrogens with zero attached hydrogens (tertiary/aromatic N) is 2. The van der Waals surface area contributed by atoms with Crippen molar-refractivity contribution in [2.75, 3.05) is 32.4 Å². The van der Waals surface area contributed by atoms with Gasteiger partial charge in [-0.15, -0.1) is 0 Å². The van der Waals surface area contributed by atoms with Gasteiger partial charge in [-0.05, 0) is 48.6 Å². The molecule has 1 N–H and O–H groups in total. The first-order chi connectivity index (χ1) is 14.0. The highest BCUT2D eigenvalue weighted by atomic mass is 32.2. The molecule has 0 spiro atoms. The van der Waals surface area contributed by atoms with Gasteiger partial charge < -0.3 is 10.2 Å². The average molecular weight is 412 g/mol. The molecule has 0 bridgehead atoms. The van der Waals surface area contributed by atoms with Crippen LogP contribution in [0.5, 0.6) is 0 Å². The van der Waals surface area contributed by atoms with E-state index in [1.54, 1.807) is 12.1 Å². The van der Waals surface area contributed by atoms with Crippen molar-refractivity contribution in [3.63, 3.8) is 0 Å². The molecular formula is C23H29N3O2S. The fourth-order valence-electron chi connectivity index (χ4n) is 3.40.